The first kappa shape index (κ1) is 14.9. The van der Waals surface area contributed by atoms with Crippen LogP contribution in [0, 0.1) is 10.1 Å². The van der Waals surface area contributed by atoms with Gasteiger partial charge in [-0.05, 0) is 30.5 Å². The maximum Gasteiger partial charge on any atom is 0.324 e. The van der Waals surface area contributed by atoms with Gasteiger partial charge in [-0.1, -0.05) is 17.4 Å². The van der Waals surface area contributed by atoms with E-state index in [0.29, 0.717) is 12.6 Å². The lowest BCUT2D eigenvalue weighted by atomic mass is 10.0. The summed E-state index contributed by atoms with van der Waals surface area (Å²) in [5, 5.41) is 16.2. The molecule has 0 bridgehead atoms. The highest BCUT2D eigenvalue weighted by molar-refractivity contribution is 7.13. The number of piperidine rings is 1. The topological polar surface area (TPSA) is 71.3 Å². The molecule has 116 valence electrons. The molecule has 7 heteroatoms. The second kappa shape index (κ2) is 6.85. The molecular weight excluding hydrogens is 300 g/mol. The number of nitro groups is 1. The van der Waals surface area contributed by atoms with Gasteiger partial charge in [0.15, 0.2) is 0 Å². The third-order valence-electron chi connectivity index (χ3n) is 3.88. The standard InChI is InChI=1S/C15H18N4O2S/c20-19(21)15-9-12(11-22-15)10-17-13-4-7-18(8-5-13)14-3-1-2-6-16-14/h1-3,6,9,11,13,17H,4-5,7-8,10H2. The second-order valence-electron chi connectivity index (χ2n) is 5.38. The van der Waals surface area contributed by atoms with Crippen molar-refractivity contribution in [1.82, 2.24) is 10.3 Å². The van der Waals surface area contributed by atoms with Gasteiger partial charge >= 0.3 is 5.00 Å². The van der Waals surface area contributed by atoms with Crippen molar-refractivity contribution in [1.29, 1.82) is 0 Å². The van der Waals surface area contributed by atoms with Gasteiger partial charge in [0.1, 0.15) is 5.82 Å². The van der Waals surface area contributed by atoms with Gasteiger partial charge in [0.25, 0.3) is 0 Å². The summed E-state index contributed by atoms with van der Waals surface area (Å²) in [6, 6.07) is 8.09. The van der Waals surface area contributed by atoms with E-state index in [4.69, 9.17) is 0 Å². The zero-order valence-corrected chi connectivity index (χ0v) is 13.0. The molecule has 0 amide bonds. The largest absolute Gasteiger partial charge is 0.357 e. The molecular formula is C15H18N4O2S. The molecule has 0 aromatic carbocycles. The SMILES string of the molecule is O=[N+]([O-])c1cc(CNC2CCN(c3ccccn3)CC2)cs1. The first-order valence-corrected chi connectivity index (χ1v) is 8.21. The van der Waals surface area contributed by atoms with Gasteiger partial charge in [-0.2, -0.15) is 0 Å². The monoisotopic (exact) mass is 318 g/mol. The average Bonchev–Trinajstić information content (AvgIpc) is 3.04. The van der Waals surface area contributed by atoms with Gasteiger partial charge in [-0.3, -0.25) is 10.1 Å². The Bertz CT molecular complexity index is 623. The molecule has 1 saturated heterocycles. The molecule has 2 aromatic heterocycles. The van der Waals surface area contributed by atoms with Crippen LogP contribution in [0.2, 0.25) is 0 Å². The van der Waals surface area contributed by atoms with E-state index in [0.717, 1.165) is 37.3 Å². The number of aromatic nitrogens is 1. The molecule has 0 radical (unpaired) electrons. The van der Waals surface area contributed by atoms with Crippen LogP contribution in [-0.2, 0) is 6.54 Å². The summed E-state index contributed by atoms with van der Waals surface area (Å²) in [6.45, 7) is 2.66. The lowest BCUT2D eigenvalue weighted by Gasteiger charge is -2.33. The van der Waals surface area contributed by atoms with Crippen LogP contribution < -0.4 is 10.2 Å². The van der Waals surface area contributed by atoms with Crippen molar-refractivity contribution in [3.05, 3.63) is 51.5 Å². The van der Waals surface area contributed by atoms with Crippen molar-refractivity contribution in [3.8, 4) is 0 Å². The molecule has 0 spiro atoms. The lowest BCUT2D eigenvalue weighted by Crippen LogP contribution is -2.42. The first-order valence-electron chi connectivity index (χ1n) is 7.33. The van der Waals surface area contributed by atoms with Gasteiger partial charge in [0.2, 0.25) is 0 Å². The van der Waals surface area contributed by atoms with Crippen molar-refractivity contribution < 1.29 is 4.92 Å². The fraction of sp³-hybridized carbons (Fsp3) is 0.400. The summed E-state index contributed by atoms with van der Waals surface area (Å²) in [5.41, 5.74) is 0.990. The number of hydrogen-bond acceptors (Lipinski definition) is 6. The van der Waals surface area contributed by atoms with E-state index in [1.165, 1.54) is 11.3 Å². The van der Waals surface area contributed by atoms with Crippen LogP contribution in [-0.4, -0.2) is 29.0 Å². The number of pyridine rings is 1. The third kappa shape index (κ3) is 3.61. The first-order chi connectivity index (χ1) is 10.7. The minimum absolute atomic E-state index is 0.210. The molecule has 0 saturated carbocycles. The molecule has 1 N–H and O–H groups in total. The number of anilines is 1. The van der Waals surface area contributed by atoms with Gasteiger partial charge < -0.3 is 10.2 Å². The van der Waals surface area contributed by atoms with Gasteiger partial charge in [0.05, 0.1) is 4.92 Å². The second-order valence-corrected chi connectivity index (χ2v) is 6.27. The smallest absolute Gasteiger partial charge is 0.324 e. The maximum atomic E-state index is 10.7. The Labute approximate surface area is 132 Å². The van der Waals surface area contributed by atoms with Crippen LogP contribution in [0.1, 0.15) is 18.4 Å². The normalized spacial score (nSPS) is 15.9. The van der Waals surface area contributed by atoms with Crippen LogP contribution in [0.25, 0.3) is 0 Å². The Kier molecular flexibility index (Phi) is 4.65. The zero-order valence-electron chi connectivity index (χ0n) is 12.1. The average molecular weight is 318 g/mol. The Morgan fingerprint density at radius 1 is 1.41 bits per heavy atom. The van der Waals surface area contributed by atoms with Crippen LogP contribution in [0.15, 0.2) is 35.8 Å². The van der Waals surface area contributed by atoms with Gasteiger partial charge in [-0.25, -0.2) is 4.98 Å². The molecule has 2 aromatic rings. The summed E-state index contributed by atoms with van der Waals surface area (Å²) in [4.78, 5) is 17.0. The molecule has 1 aliphatic heterocycles. The predicted octanol–water partition coefficient (Wildman–Crippen LogP) is 2.81. The Balaban J connectivity index is 1.46. The van der Waals surface area contributed by atoms with Crippen molar-refractivity contribution in [2.24, 2.45) is 0 Å². The number of nitrogens with zero attached hydrogens (tertiary/aromatic N) is 3. The van der Waals surface area contributed by atoms with Crippen molar-refractivity contribution in [2.75, 3.05) is 18.0 Å². The molecule has 1 aliphatic rings. The Morgan fingerprint density at radius 2 is 2.23 bits per heavy atom. The quantitative estimate of drug-likeness (QED) is 0.678. The molecule has 0 atom stereocenters. The fourth-order valence-corrected chi connectivity index (χ4v) is 3.40. The van der Waals surface area contributed by atoms with Gasteiger partial charge in [0, 0.05) is 43.3 Å². The van der Waals surface area contributed by atoms with E-state index < -0.39 is 0 Å². The molecule has 0 aliphatic carbocycles. The lowest BCUT2D eigenvalue weighted by molar-refractivity contribution is -0.380. The number of thiophene rings is 1. The molecule has 3 heterocycles. The van der Waals surface area contributed by atoms with E-state index in [1.807, 2.05) is 29.8 Å². The molecule has 0 unspecified atom stereocenters. The van der Waals surface area contributed by atoms with Crippen LogP contribution >= 0.6 is 11.3 Å². The molecule has 1 fully saturated rings. The fourth-order valence-electron chi connectivity index (χ4n) is 2.67. The molecule has 22 heavy (non-hydrogen) atoms. The molecule has 6 nitrogen and oxygen atoms in total. The highest BCUT2D eigenvalue weighted by Gasteiger charge is 2.20. The highest BCUT2D eigenvalue weighted by Crippen LogP contribution is 2.23. The van der Waals surface area contributed by atoms with E-state index in [-0.39, 0.29) is 9.92 Å². The van der Waals surface area contributed by atoms with Gasteiger partial charge in [-0.15, -0.1) is 0 Å². The Morgan fingerprint density at radius 3 is 2.86 bits per heavy atom. The predicted molar refractivity (Wildman–Crippen MR) is 87.3 cm³/mol. The summed E-state index contributed by atoms with van der Waals surface area (Å²) in [7, 11) is 0. The number of nitrogens with one attached hydrogen (secondary N) is 1. The van der Waals surface area contributed by atoms with E-state index in [2.05, 4.69) is 15.2 Å². The third-order valence-corrected chi connectivity index (χ3v) is 4.81. The Hall–Kier alpha value is -1.99. The summed E-state index contributed by atoms with van der Waals surface area (Å²) in [5.74, 6) is 1.04. The minimum atomic E-state index is -0.334. The van der Waals surface area contributed by atoms with Crippen molar-refractivity contribution >= 4 is 22.2 Å². The van der Waals surface area contributed by atoms with Crippen molar-refractivity contribution in [2.45, 2.75) is 25.4 Å². The van der Waals surface area contributed by atoms with Crippen molar-refractivity contribution in [3.63, 3.8) is 0 Å². The number of hydrogen-bond donors (Lipinski definition) is 1. The zero-order chi connectivity index (χ0) is 15.4. The summed E-state index contributed by atoms with van der Waals surface area (Å²) < 4.78 is 0. The summed E-state index contributed by atoms with van der Waals surface area (Å²) in [6.07, 6.45) is 3.94. The van der Waals surface area contributed by atoms with E-state index in [1.54, 1.807) is 6.07 Å². The molecule has 3 rings (SSSR count). The minimum Gasteiger partial charge on any atom is -0.357 e. The maximum absolute atomic E-state index is 10.7. The van der Waals surface area contributed by atoms with Crippen LogP contribution in [0.5, 0.6) is 0 Å². The van der Waals surface area contributed by atoms with Crippen LogP contribution in [0.4, 0.5) is 10.8 Å². The number of rotatable bonds is 5. The van der Waals surface area contributed by atoms with E-state index in [9.17, 15) is 10.1 Å². The summed E-state index contributed by atoms with van der Waals surface area (Å²) >= 11 is 1.19. The highest BCUT2D eigenvalue weighted by atomic mass is 32.1. The van der Waals surface area contributed by atoms with Crippen LogP contribution in [0.3, 0.4) is 0 Å². The van der Waals surface area contributed by atoms with E-state index >= 15 is 0 Å².